The number of aliphatic hydroxyl groups is 1. The third kappa shape index (κ3) is 4.17. The number of hydrogen-bond acceptors (Lipinski definition) is 4. The highest BCUT2D eigenvalue weighted by Gasteiger charge is 2.52. The molecule has 1 atom stereocenters. The van der Waals surface area contributed by atoms with Crippen molar-refractivity contribution in [2.24, 2.45) is 5.92 Å². The molecule has 0 saturated heterocycles. The van der Waals surface area contributed by atoms with Crippen molar-refractivity contribution < 1.29 is 14.7 Å². The van der Waals surface area contributed by atoms with Gasteiger partial charge in [-0.05, 0) is 36.5 Å². The quantitative estimate of drug-likeness (QED) is 0.694. The van der Waals surface area contributed by atoms with E-state index in [2.05, 4.69) is 24.1 Å². The first kappa shape index (κ1) is 22.5. The molecule has 0 radical (unpaired) electrons. The molecule has 0 aromatic heterocycles. The van der Waals surface area contributed by atoms with Crippen LogP contribution in [0.2, 0.25) is 0 Å². The van der Waals surface area contributed by atoms with Crippen LogP contribution in [0.15, 0.2) is 54.6 Å². The van der Waals surface area contributed by atoms with Crippen LogP contribution >= 0.6 is 0 Å². The maximum absolute atomic E-state index is 13.9. The summed E-state index contributed by atoms with van der Waals surface area (Å²) in [5.74, 6) is -0.00245. The minimum atomic E-state index is -0.823. The van der Waals surface area contributed by atoms with Crippen LogP contribution < -0.4 is 10.2 Å². The summed E-state index contributed by atoms with van der Waals surface area (Å²) in [5.41, 5.74) is 1.72. The van der Waals surface area contributed by atoms with Gasteiger partial charge in [-0.1, -0.05) is 69.2 Å². The Morgan fingerprint density at radius 1 is 1.09 bits per heavy atom. The predicted molar refractivity (Wildman–Crippen MR) is 126 cm³/mol. The second-order valence-electron chi connectivity index (χ2n) is 9.32. The van der Waals surface area contributed by atoms with Crippen LogP contribution in [0.25, 0.3) is 0 Å². The molecule has 170 valence electrons. The lowest BCUT2D eigenvalue weighted by Crippen LogP contribution is -2.62. The highest BCUT2D eigenvalue weighted by molar-refractivity contribution is 6.15. The van der Waals surface area contributed by atoms with Crippen LogP contribution in [-0.4, -0.2) is 46.6 Å². The normalized spacial score (nSPS) is 18.2. The van der Waals surface area contributed by atoms with E-state index in [1.165, 1.54) is 0 Å². The van der Waals surface area contributed by atoms with Crippen LogP contribution in [-0.2, 0) is 16.1 Å². The summed E-state index contributed by atoms with van der Waals surface area (Å²) in [5, 5.41) is 13.2. The van der Waals surface area contributed by atoms with Gasteiger partial charge in [-0.2, -0.15) is 0 Å². The number of benzene rings is 2. The van der Waals surface area contributed by atoms with Crippen LogP contribution in [0.4, 0.5) is 11.4 Å². The van der Waals surface area contributed by atoms with Gasteiger partial charge in [-0.25, -0.2) is 0 Å². The fourth-order valence-corrected chi connectivity index (χ4v) is 5.23. The first-order valence-electron chi connectivity index (χ1n) is 11.6. The molecule has 1 aliphatic heterocycles. The van der Waals surface area contributed by atoms with Gasteiger partial charge < -0.3 is 10.4 Å². The third-order valence-electron chi connectivity index (χ3n) is 6.92. The van der Waals surface area contributed by atoms with Gasteiger partial charge in [0.05, 0.1) is 24.5 Å². The van der Waals surface area contributed by atoms with Gasteiger partial charge in [0.1, 0.15) is 5.54 Å². The molecule has 32 heavy (non-hydrogen) atoms. The molecule has 2 amide bonds. The van der Waals surface area contributed by atoms with Crippen molar-refractivity contribution in [1.82, 2.24) is 4.90 Å². The summed E-state index contributed by atoms with van der Waals surface area (Å²) in [6.45, 7) is 4.79. The summed E-state index contributed by atoms with van der Waals surface area (Å²) in [6.07, 6.45) is 3.20. The van der Waals surface area contributed by atoms with Crippen molar-refractivity contribution in [2.75, 3.05) is 23.4 Å². The van der Waals surface area contributed by atoms with E-state index in [9.17, 15) is 14.7 Å². The fraction of sp³-hybridized carbons (Fsp3) is 0.462. The van der Waals surface area contributed by atoms with E-state index in [-0.39, 0.29) is 36.9 Å². The van der Waals surface area contributed by atoms with Crippen LogP contribution in [0.3, 0.4) is 0 Å². The lowest BCUT2D eigenvalue weighted by Gasteiger charge is -2.45. The number of fused-ring (bicyclic) bond motifs is 1. The van der Waals surface area contributed by atoms with E-state index in [1.807, 2.05) is 54.6 Å². The molecule has 2 aliphatic rings. The molecule has 1 spiro atoms. The number of nitrogens with one attached hydrogen (secondary N) is 1. The molecule has 2 aromatic carbocycles. The average molecular weight is 436 g/mol. The monoisotopic (exact) mass is 435 g/mol. The summed E-state index contributed by atoms with van der Waals surface area (Å²) >= 11 is 0. The van der Waals surface area contributed by atoms with Crippen LogP contribution in [0.1, 0.15) is 45.1 Å². The number of para-hydroxylation sites is 2. The van der Waals surface area contributed by atoms with E-state index in [0.29, 0.717) is 25.1 Å². The summed E-state index contributed by atoms with van der Waals surface area (Å²) in [4.78, 5) is 31.0. The van der Waals surface area contributed by atoms with Gasteiger partial charge in [0.15, 0.2) is 0 Å². The van der Waals surface area contributed by atoms with E-state index < -0.39 is 5.54 Å². The largest absolute Gasteiger partial charge is 0.395 e. The highest BCUT2D eigenvalue weighted by atomic mass is 16.3. The topological polar surface area (TPSA) is 72.9 Å². The molecule has 1 aliphatic carbocycles. The third-order valence-corrected chi connectivity index (χ3v) is 6.92. The Bertz CT molecular complexity index is 954. The Labute approximate surface area is 190 Å². The van der Waals surface area contributed by atoms with E-state index >= 15 is 0 Å². The molecular formula is C26H33N3O3. The first-order valence-corrected chi connectivity index (χ1v) is 11.6. The molecule has 6 heteroatoms. The molecule has 2 N–H and O–H groups in total. The molecule has 2 aromatic rings. The van der Waals surface area contributed by atoms with Gasteiger partial charge in [0.2, 0.25) is 5.91 Å². The molecule has 1 heterocycles. The lowest BCUT2D eigenvalue weighted by molar-refractivity contribution is -0.128. The second kappa shape index (κ2) is 9.43. The van der Waals surface area contributed by atoms with Gasteiger partial charge in [0.25, 0.3) is 5.91 Å². The number of nitrogens with zero attached hydrogens (tertiary/aromatic N) is 2. The Morgan fingerprint density at radius 2 is 1.75 bits per heavy atom. The van der Waals surface area contributed by atoms with E-state index in [1.54, 1.807) is 4.90 Å². The Kier molecular flexibility index (Phi) is 6.63. The van der Waals surface area contributed by atoms with E-state index in [4.69, 9.17) is 0 Å². The SMILES string of the molecule is CC(C)C(CO)N(CC(=O)N1c2ccccc2NC(=O)C12CCCC2)Cc1ccccc1. The maximum atomic E-state index is 13.9. The van der Waals surface area contributed by atoms with Crippen molar-refractivity contribution in [1.29, 1.82) is 0 Å². The number of rotatable bonds is 7. The number of hydrogen-bond donors (Lipinski definition) is 2. The molecule has 1 saturated carbocycles. The minimum Gasteiger partial charge on any atom is -0.395 e. The Balaban J connectivity index is 1.68. The molecule has 1 unspecified atom stereocenters. The Morgan fingerprint density at radius 3 is 2.41 bits per heavy atom. The fourth-order valence-electron chi connectivity index (χ4n) is 5.23. The second-order valence-corrected chi connectivity index (χ2v) is 9.32. The van der Waals surface area contributed by atoms with Crippen molar-refractivity contribution in [3.63, 3.8) is 0 Å². The zero-order valence-electron chi connectivity index (χ0n) is 19.0. The number of anilines is 2. The molecule has 6 nitrogen and oxygen atoms in total. The summed E-state index contributed by atoms with van der Waals surface area (Å²) in [7, 11) is 0. The van der Waals surface area contributed by atoms with Crippen LogP contribution in [0.5, 0.6) is 0 Å². The molecular weight excluding hydrogens is 402 g/mol. The van der Waals surface area contributed by atoms with Gasteiger partial charge in [-0.3, -0.25) is 19.4 Å². The Hall–Kier alpha value is -2.70. The minimum absolute atomic E-state index is 0.0278. The van der Waals surface area contributed by atoms with Gasteiger partial charge in [0, 0.05) is 12.6 Å². The van der Waals surface area contributed by atoms with Gasteiger partial charge >= 0.3 is 0 Å². The highest BCUT2D eigenvalue weighted by Crippen LogP contribution is 2.45. The van der Waals surface area contributed by atoms with Crippen LogP contribution in [0, 0.1) is 5.92 Å². The molecule has 4 rings (SSSR count). The lowest BCUT2D eigenvalue weighted by atomic mass is 9.89. The number of carbonyl (C=O) groups is 2. The van der Waals surface area contributed by atoms with Crippen molar-refractivity contribution in [2.45, 2.75) is 57.7 Å². The summed E-state index contributed by atoms with van der Waals surface area (Å²) in [6, 6.07) is 17.4. The standard InChI is InChI=1S/C26H33N3O3/c1-19(2)23(18-30)28(16-20-10-4-3-5-11-20)17-24(31)29-22-13-7-6-12-21(22)27-25(32)26(29)14-8-9-15-26/h3-7,10-13,19,23,30H,8-9,14-18H2,1-2H3,(H,27,32). The van der Waals surface area contributed by atoms with Crippen molar-refractivity contribution >= 4 is 23.2 Å². The first-order chi connectivity index (χ1) is 15.5. The number of carbonyl (C=O) groups excluding carboxylic acids is 2. The zero-order valence-corrected chi connectivity index (χ0v) is 19.0. The predicted octanol–water partition coefficient (Wildman–Crippen LogP) is 3.80. The number of aliphatic hydroxyl groups excluding tert-OH is 1. The maximum Gasteiger partial charge on any atom is 0.250 e. The van der Waals surface area contributed by atoms with E-state index in [0.717, 1.165) is 24.1 Å². The number of amides is 2. The average Bonchev–Trinajstić information content (AvgIpc) is 3.26. The smallest absolute Gasteiger partial charge is 0.250 e. The zero-order chi connectivity index (χ0) is 22.7. The molecule has 1 fully saturated rings. The van der Waals surface area contributed by atoms with Crippen molar-refractivity contribution in [3.05, 3.63) is 60.2 Å². The van der Waals surface area contributed by atoms with Gasteiger partial charge in [-0.15, -0.1) is 0 Å². The molecule has 0 bridgehead atoms. The van der Waals surface area contributed by atoms with Crippen molar-refractivity contribution in [3.8, 4) is 0 Å². The summed E-state index contributed by atoms with van der Waals surface area (Å²) < 4.78 is 0.